The second kappa shape index (κ2) is 5.97. The van der Waals surface area contributed by atoms with Gasteiger partial charge in [0.15, 0.2) is 0 Å². The van der Waals surface area contributed by atoms with Crippen LogP contribution in [-0.2, 0) is 6.42 Å². The zero-order valence-corrected chi connectivity index (χ0v) is 12.9. The Balaban J connectivity index is 2.08. The summed E-state index contributed by atoms with van der Waals surface area (Å²) in [5.74, 6) is 1.90. The minimum Gasteiger partial charge on any atom is -0.358 e. The molecule has 2 heterocycles. The van der Waals surface area contributed by atoms with Crippen LogP contribution in [0.25, 0.3) is 0 Å². The predicted molar refractivity (Wildman–Crippen MR) is 78.0 cm³/mol. The Bertz CT molecular complexity index is 410. The van der Waals surface area contributed by atoms with Crippen molar-refractivity contribution in [1.29, 1.82) is 0 Å². The Kier molecular flexibility index (Phi) is 4.56. The normalized spacial score (nSPS) is 20.3. The molecule has 1 aliphatic rings. The van der Waals surface area contributed by atoms with Crippen LogP contribution < -0.4 is 4.90 Å². The summed E-state index contributed by atoms with van der Waals surface area (Å²) >= 11 is 3.46. The largest absolute Gasteiger partial charge is 0.358 e. The van der Waals surface area contributed by atoms with Crippen molar-refractivity contribution < 1.29 is 0 Å². The highest BCUT2D eigenvalue weighted by atomic mass is 79.9. The van der Waals surface area contributed by atoms with Gasteiger partial charge in [-0.3, -0.25) is 0 Å². The second-order valence-corrected chi connectivity index (χ2v) is 5.79. The summed E-state index contributed by atoms with van der Waals surface area (Å²) in [4.78, 5) is 13.6. The fraction of sp³-hybridized carbons (Fsp3) is 0.692. The number of rotatable bonds is 4. The fourth-order valence-corrected chi connectivity index (χ4v) is 2.83. The molecule has 1 saturated heterocycles. The molecule has 0 aromatic carbocycles. The van der Waals surface area contributed by atoms with E-state index in [0.717, 1.165) is 29.2 Å². The SMILES string of the molecule is CCc1nc(Br)cc(N(C)CC2CCCN2C)n1. The molecule has 1 atom stereocenters. The molecule has 18 heavy (non-hydrogen) atoms. The number of nitrogens with zero attached hydrogens (tertiary/aromatic N) is 4. The van der Waals surface area contributed by atoms with Gasteiger partial charge in [0.05, 0.1) is 0 Å². The molecule has 0 radical (unpaired) electrons. The third-order valence-corrected chi connectivity index (χ3v) is 4.00. The molecule has 100 valence electrons. The van der Waals surface area contributed by atoms with E-state index in [9.17, 15) is 0 Å². The Morgan fingerprint density at radius 3 is 2.89 bits per heavy atom. The van der Waals surface area contributed by atoms with E-state index in [1.807, 2.05) is 6.07 Å². The topological polar surface area (TPSA) is 32.3 Å². The van der Waals surface area contributed by atoms with Gasteiger partial charge in [-0.25, -0.2) is 9.97 Å². The van der Waals surface area contributed by atoms with Gasteiger partial charge in [-0.05, 0) is 42.4 Å². The quantitative estimate of drug-likeness (QED) is 0.799. The molecule has 0 bridgehead atoms. The second-order valence-electron chi connectivity index (χ2n) is 4.98. The van der Waals surface area contributed by atoms with Crippen LogP contribution in [0, 0.1) is 0 Å². The molecule has 0 amide bonds. The molecule has 4 nitrogen and oxygen atoms in total. The molecule has 1 unspecified atom stereocenters. The molecule has 0 N–H and O–H groups in total. The third kappa shape index (κ3) is 3.20. The van der Waals surface area contributed by atoms with Crippen molar-refractivity contribution in [1.82, 2.24) is 14.9 Å². The summed E-state index contributed by atoms with van der Waals surface area (Å²) in [6.45, 7) is 4.32. The van der Waals surface area contributed by atoms with Crippen LogP contribution in [0.5, 0.6) is 0 Å². The maximum Gasteiger partial charge on any atom is 0.133 e. The van der Waals surface area contributed by atoms with Crippen molar-refractivity contribution >= 4 is 21.7 Å². The zero-order valence-electron chi connectivity index (χ0n) is 11.4. The Hall–Kier alpha value is -0.680. The van der Waals surface area contributed by atoms with Crippen LogP contribution in [0.2, 0.25) is 0 Å². The summed E-state index contributed by atoms with van der Waals surface area (Å²) in [7, 11) is 4.32. The van der Waals surface area contributed by atoms with Crippen molar-refractivity contribution in [2.75, 3.05) is 32.1 Å². The Morgan fingerprint density at radius 2 is 2.28 bits per heavy atom. The van der Waals surface area contributed by atoms with Crippen molar-refractivity contribution in [2.24, 2.45) is 0 Å². The number of aryl methyl sites for hydroxylation is 1. The van der Waals surface area contributed by atoms with Gasteiger partial charge in [-0.2, -0.15) is 0 Å². The van der Waals surface area contributed by atoms with Crippen LogP contribution in [0.3, 0.4) is 0 Å². The molecule has 1 aliphatic heterocycles. The average Bonchev–Trinajstić information content (AvgIpc) is 2.74. The van der Waals surface area contributed by atoms with E-state index in [1.165, 1.54) is 19.4 Å². The number of likely N-dealkylation sites (N-methyl/N-ethyl adjacent to an activating group) is 2. The third-order valence-electron chi connectivity index (χ3n) is 3.59. The highest BCUT2D eigenvalue weighted by Gasteiger charge is 2.22. The van der Waals surface area contributed by atoms with E-state index in [0.29, 0.717) is 6.04 Å². The van der Waals surface area contributed by atoms with Crippen LogP contribution in [0.15, 0.2) is 10.7 Å². The highest BCUT2D eigenvalue weighted by molar-refractivity contribution is 9.10. The van der Waals surface area contributed by atoms with Crippen molar-refractivity contribution in [3.8, 4) is 0 Å². The van der Waals surface area contributed by atoms with Crippen molar-refractivity contribution in [2.45, 2.75) is 32.2 Å². The zero-order chi connectivity index (χ0) is 13.1. The molecule has 5 heteroatoms. The first-order valence-corrected chi connectivity index (χ1v) is 7.34. The Labute approximate surface area is 118 Å². The summed E-state index contributed by atoms with van der Waals surface area (Å²) in [6.07, 6.45) is 3.46. The minimum absolute atomic E-state index is 0.647. The number of aromatic nitrogens is 2. The van der Waals surface area contributed by atoms with Gasteiger partial charge in [-0.15, -0.1) is 0 Å². The molecule has 1 aromatic heterocycles. The molecule has 0 saturated carbocycles. The Morgan fingerprint density at radius 1 is 1.50 bits per heavy atom. The standard InChI is InChI=1S/C13H21BrN4/c1-4-12-15-11(14)8-13(16-12)18(3)9-10-6-5-7-17(10)2/h8,10H,4-7,9H2,1-3H3. The van der Waals surface area contributed by atoms with E-state index in [2.05, 4.69) is 56.7 Å². The van der Waals surface area contributed by atoms with E-state index >= 15 is 0 Å². The lowest BCUT2D eigenvalue weighted by Gasteiger charge is -2.26. The lowest BCUT2D eigenvalue weighted by Crippen LogP contribution is -2.37. The number of likely N-dealkylation sites (tertiary alicyclic amines) is 1. The maximum absolute atomic E-state index is 4.59. The van der Waals surface area contributed by atoms with Gasteiger partial charge < -0.3 is 9.80 Å². The van der Waals surface area contributed by atoms with E-state index in [4.69, 9.17) is 0 Å². The molecule has 2 rings (SSSR count). The van der Waals surface area contributed by atoms with Gasteiger partial charge in [0, 0.05) is 32.1 Å². The lowest BCUT2D eigenvalue weighted by atomic mass is 10.2. The molecule has 0 aliphatic carbocycles. The average molecular weight is 313 g/mol. The first kappa shape index (κ1) is 13.7. The summed E-state index contributed by atoms with van der Waals surface area (Å²) in [5, 5.41) is 0. The fourth-order valence-electron chi connectivity index (χ4n) is 2.42. The van der Waals surface area contributed by atoms with Gasteiger partial charge >= 0.3 is 0 Å². The molecule has 1 fully saturated rings. The van der Waals surface area contributed by atoms with Crippen molar-refractivity contribution in [3.05, 3.63) is 16.5 Å². The van der Waals surface area contributed by atoms with Gasteiger partial charge in [0.1, 0.15) is 16.2 Å². The first-order valence-electron chi connectivity index (χ1n) is 6.55. The first-order chi connectivity index (χ1) is 8.60. The smallest absolute Gasteiger partial charge is 0.133 e. The molecule has 0 spiro atoms. The highest BCUT2D eigenvalue weighted by Crippen LogP contribution is 2.20. The summed E-state index contributed by atoms with van der Waals surface area (Å²) in [6, 6.07) is 2.64. The number of anilines is 1. The van der Waals surface area contributed by atoms with E-state index < -0.39 is 0 Å². The number of hydrogen-bond acceptors (Lipinski definition) is 4. The van der Waals surface area contributed by atoms with E-state index in [-0.39, 0.29) is 0 Å². The van der Waals surface area contributed by atoms with Gasteiger partial charge in [0.2, 0.25) is 0 Å². The predicted octanol–water partition coefficient (Wildman–Crippen LogP) is 2.33. The minimum atomic E-state index is 0.647. The lowest BCUT2D eigenvalue weighted by molar-refractivity contribution is 0.314. The van der Waals surface area contributed by atoms with Crippen molar-refractivity contribution in [3.63, 3.8) is 0 Å². The maximum atomic E-state index is 4.59. The monoisotopic (exact) mass is 312 g/mol. The molecule has 1 aromatic rings. The van der Waals surface area contributed by atoms with Crippen LogP contribution in [0.1, 0.15) is 25.6 Å². The molecular weight excluding hydrogens is 292 g/mol. The van der Waals surface area contributed by atoms with Crippen LogP contribution in [0.4, 0.5) is 5.82 Å². The summed E-state index contributed by atoms with van der Waals surface area (Å²) in [5.41, 5.74) is 0. The number of hydrogen-bond donors (Lipinski definition) is 0. The van der Waals surface area contributed by atoms with E-state index in [1.54, 1.807) is 0 Å². The van der Waals surface area contributed by atoms with Gasteiger partial charge in [0.25, 0.3) is 0 Å². The van der Waals surface area contributed by atoms with Crippen LogP contribution >= 0.6 is 15.9 Å². The van der Waals surface area contributed by atoms with Crippen LogP contribution in [-0.4, -0.2) is 48.1 Å². The summed E-state index contributed by atoms with van der Waals surface area (Å²) < 4.78 is 0.871. The molecular formula is C13H21BrN4. The number of halogens is 1. The van der Waals surface area contributed by atoms with Gasteiger partial charge in [-0.1, -0.05) is 6.92 Å².